The second-order valence-corrected chi connectivity index (χ2v) is 16.4. The molecule has 0 aliphatic carbocycles. The average Bonchev–Trinajstić information content (AvgIpc) is 3.72. The van der Waals surface area contributed by atoms with Gasteiger partial charge in [-0.3, -0.25) is 9.59 Å². The number of hydrogen-bond acceptors (Lipinski definition) is 5. The van der Waals surface area contributed by atoms with Crippen molar-refractivity contribution < 1.29 is 19.1 Å². The Hall–Kier alpha value is -6.48. The molecule has 0 fully saturated rings. The van der Waals surface area contributed by atoms with Gasteiger partial charge in [0.25, 0.3) is 0 Å². The molecule has 1 heterocycles. The topological polar surface area (TPSA) is 114 Å². The summed E-state index contributed by atoms with van der Waals surface area (Å²) in [6, 6.07) is 48.9. The van der Waals surface area contributed by atoms with Gasteiger partial charge < -0.3 is 25.3 Å². The first-order valence-electron chi connectivity index (χ1n) is 20.2. The summed E-state index contributed by atoms with van der Waals surface area (Å²) in [6.07, 6.45) is 3.32. The maximum Gasteiger partial charge on any atom is 0.408 e. The molecule has 6 rings (SSSR count). The maximum atomic E-state index is 14.6. The van der Waals surface area contributed by atoms with Crippen molar-refractivity contribution >= 4 is 17.9 Å². The molecule has 0 aliphatic rings. The lowest BCUT2D eigenvalue weighted by atomic mass is 9.77. The molecule has 0 saturated carbocycles. The van der Waals surface area contributed by atoms with Gasteiger partial charge in [0, 0.05) is 24.6 Å². The summed E-state index contributed by atoms with van der Waals surface area (Å²) in [5.41, 5.74) is 3.02. The average molecular weight is 790 g/mol. The van der Waals surface area contributed by atoms with Crippen molar-refractivity contribution in [3.63, 3.8) is 0 Å². The van der Waals surface area contributed by atoms with Gasteiger partial charge in [0.15, 0.2) is 0 Å². The van der Waals surface area contributed by atoms with E-state index in [1.807, 2.05) is 135 Å². The van der Waals surface area contributed by atoms with Crippen LogP contribution in [0.5, 0.6) is 0 Å². The highest BCUT2D eigenvalue weighted by Gasteiger charge is 2.41. The zero-order valence-electron chi connectivity index (χ0n) is 34.6. The van der Waals surface area contributed by atoms with Gasteiger partial charge in [0.2, 0.25) is 11.8 Å². The lowest BCUT2D eigenvalue weighted by molar-refractivity contribution is -0.134. The van der Waals surface area contributed by atoms with E-state index < -0.39 is 29.1 Å². The molecule has 0 saturated heterocycles. The molecule has 0 aliphatic heterocycles. The number of nitrogens with one attached hydrogen (secondary N) is 3. The number of benzene rings is 5. The van der Waals surface area contributed by atoms with Gasteiger partial charge in [0.1, 0.15) is 23.7 Å². The fraction of sp³-hybridized carbons (Fsp3) is 0.280. The number of hydrogen-bond donors (Lipinski definition) is 3. The minimum Gasteiger partial charge on any atom is -0.445 e. The number of rotatable bonds is 17. The highest BCUT2D eigenvalue weighted by Crippen LogP contribution is 2.41. The Kier molecular flexibility index (Phi) is 13.5. The Labute approximate surface area is 348 Å². The lowest BCUT2D eigenvalue weighted by Gasteiger charge is -2.37. The molecule has 0 spiro atoms. The van der Waals surface area contributed by atoms with Crippen LogP contribution in [-0.2, 0) is 38.3 Å². The number of ether oxygens (including phenoxy) is 1. The molecule has 0 bridgehead atoms. The molecular weight excluding hydrogens is 735 g/mol. The van der Waals surface area contributed by atoms with Crippen molar-refractivity contribution in [2.45, 2.75) is 76.6 Å². The van der Waals surface area contributed by atoms with Crippen molar-refractivity contribution in [2.24, 2.45) is 5.92 Å². The summed E-state index contributed by atoms with van der Waals surface area (Å²) < 4.78 is 7.67. The van der Waals surface area contributed by atoms with Crippen LogP contribution in [0.3, 0.4) is 0 Å². The minimum absolute atomic E-state index is 0.0219. The van der Waals surface area contributed by atoms with Crippen LogP contribution in [0.4, 0.5) is 4.79 Å². The van der Waals surface area contributed by atoms with Crippen LogP contribution in [0.25, 0.3) is 0 Å². The van der Waals surface area contributed by atoms with E-state index in [-0.39, 0.29) is 30.3 Å². The summed E-state index contributed by atoms with van der Waals surface area (Å²) in [5.74, 6) is -0.776. The van der Waals surface area contributed by atoms with Crippen LogP contribution in [-0.4, -0.2) is 45.6 Å². The van der Waals surface area contributed by atoms with E-state index in [4.69, 9.17) is 9.72 Å². The molecule has 3 N–H and O–H groups in total. The quantitative estimate of drug-likeness (QED) is 0.0802. The minimum atomic E-state index is -1.30. The summed E-state index contributed by atoms with van der Waals surface area (Å²) >= 11 is 0. The molecular formula is C50H55N5O4. The number of amides is 3. The molecule has 5 aromatic carbocycles. The second kappa shape index (κ2) is 18.9. The number of carbonyl (C=O) groups is 3. The van der Waals surface area contributed by atoms with Crippen LogP contribution < -0.4 is 16.0 Å². The molecule has 2 atom stereocenters. The highest BCUT2D eigenvalue weighted by atomic mass is 16.5. The van der Waals surface area contributed by atoms with Crippen LogP contribution >= 0.6 is 0 Å². The fourth-order valence-electron chi connectivity index (χ4n) is 7.83. The van der Waals surface area contributed by atoms with E-state index in [0.717, 1.165) is 27.8 Å². The standard InChI is InChI=1S/C50H55N5O4/c1-37(2)32-49(5,46(57)51-35-48(3,4)39-23-13-7-14-24-39)54-45(56)44(53-47(58)59-34-38-21-11-6-12-22-38)31-43-33-55(36-52-43)50(40-25-15-8-16-26-40,41-27-17-9-18-28-41)42-29-19-10-20-30-42/h6-30,33,36-37,44H,31-32,34-35H2,1-5H3,(H,51,57)(H,53,58)(H,54,56)/t44-,49-/m0/s1. The molecule has 0 unspecified atom stereocenters. The highest BCUT2D eigenvalue weighted by molar-refractivity contribution is 5.94. The number of aromatic nitrogens is 2. The van der Waals surface area contributed by atoms with E-state index in [1.54, 1.807) is 13.3 Å². The van der Waals surface area contributed by atoms with Crippen molar-refractivity contribution in [3.8, 4) is 0 Å². The first-order valence-corrected chi connectivity index (χ1v) is 20.2. The first-order chi connectivity index (χ1) is 28.4. The van der Waals surface area contributed by atoms with E-state index in [0.29, 0.717) is 18.7 Å². The van der Waals surface area contributed by atoms with Gasteiger partial charge in [0.05, 0.1) is 12.0 Å². The monoisotopic (exact) mass is 789 g/mol. The van der Waals surface area contributed by atoms with Crippen molar-refractivity contribution in [3.05, 3.63) is 198 Å². The van der Waals surface area contributed by atoms with E-state index in [1.165, 1.54) is 0 Å². The smallest absolute Gasteiger partial charge is 0.408 e. The van der Waals surface area contributed by atoms with Gasteiger partial charge in [-0.1, -0.05) is 179 Å². The summed E-state index contributed by atoms with van der Waals surface area (Å²) in [4.78, 5) is 47.0. The molecule has 59 heavy (non-hydrogen) atoms. The van der Waals surface area contributed by atoms with Crippen LogP contribution in [0.15, 0.2) is 164 Å². The number of alkyl carbamates (subject to hydrolysis) is 1. The van der Waals surface area contributed by atoms with Crippen molar-refractivity contribution in [1.82, 2.24) is 25.5 Å². The molecule has 3 amide bonds. The normalized spacial score (nSPS) is 13.2. The third-order valence-electron chi connectivity index (χ3n) is 10.8. The predicted octanol–water partition coefficient (Wildman–Crippen LogP) is 8.58. The summed E-state index contributed by atoms with van der Waals surface area (Å²) in [7, 11) is 0. The molecule has 0 radical (unpaired) electrons. The Bertz CT molecular complexity index is 2170. The molecule has 1 aromatic heterocycles. The van der Waals surface area contributed by atoms with Gasteiger partial charge in [-0.25, -0.2) is 9.78 Å². The Morgan fingerprint density at radius 3 is 1.64 bits per heavy atom. The van der Waals surface area contributed by atoms with Gasteiger partial charge >= 0.3 is 6.09 Å². The van der Waals surface area contributed by atoms with Crippen molar-refractivity contribution in [1.29, 1.82) is 0 Å². The van der Waals surface area contributed by atoms with Gasteiger partial charge in [-0.05, 0) is 47.1 Å². The van der Waals surface area contributed by atoms with Crippen LogP contribution in [0.2, 0.25) is 0 Å². The maximum absolute atomic E-state index is 14.6. The van der Waals surface area contributed by atoms with E-state index in [2.05, 4.69) is 70.8 Å². The second-order valence-electron chi connectivity index (χ2n) is 16.4. The third-order valence-corrected chi connectivity index (χ3v) is 10.8. The third kappa shape index (κ3) is 10.2. The van der Waals surface area contributed by atoms with E-state index in [9.17, 15) is 14.4 Å². The number of carbonyl (C=O) groups excluding carboxylic acids is 3. The first kappa shape index (κ1) is 42.1. The fourth-order valence-corrected chi connectivity index (χ4v) is 7.83. The summed E-state index contributed by atoms with van der Waals surface area (Å²) in [5, 5.41) is 9.00. The Morgan fingerprint density at radius 1 is 0.678 bits per heavy atom. The van der Waals surface area contributed by atoms with Gasteiger partial charge in [-0.15, -0.1) is 0 Å². The van der Waals surface area contributed by atoms with Crippen LogP contribution in [0.1, 0.15) is 74.6 Å². The zero-order chi connectivity index (χ0) is 41.9. The number of imidazole rings is 1. The van der Waals surface area contributed by atoms with Crippen LogP contribution in [0, 0.1) is 5.92 Å². The SMILES string of the molecule is CC(C)C[C@](C)(NC(=O)[C@H](Cc1cn(C(c2ccccc2)(c2ccccc2)c2ccccc2)cn1)NC(=O)OCc1ccccc1)C(=O)NCC(C)(C)c1ccccc1. The lowest BCUT2D eigenvalue weighted by Crippen LogP contribution is -2.62. The Morgan fingerprint density at radius 2 is 1.15 bits per heavy atom. The molecule has 6 aromatic rings. The largest absolute Gasteiger partial charge is 0.445 e. The molecule has 304 valence electrons. The molecule has 9 nitrogen and oxygen atoms in total. The zero-order valence-corrected chi connectivity index (χ0v) is 34.6. The summed E-state index contributed by atoms with van der Waals surface area (Å²) in [6.45, 7) is 10.3. The molecule has 9 heteroatoms. The predicted molar refractivity (Wildman–Crippen MR) is 233 cm³/mol. The van der Waals surface area contributed by atoms with Gasteiger partial charge in [-0.2, -0.15) is 0 Å². The Balaban J connectivity index is 1.32. The van der Waals surface area contributed by atoms with E-state index >= 15 is 0 Å². The van der Waals surface area contributed by atoms with Crippen molar-refractivity contribution in [2.75, 3.05) is 6.54 Å². The number of nitrogens with zero attached hydrogens (tertiary/aromatic N) is 2.